The summed E-state index contributed by atoms with van der Waals surface area (Å²) >= 11 is 0. The molecule has 2 aromatic carbocycles. The number of phenols is 1. The second-order valence-corrected chi connectivity index (χ2v) is 5.58. The van der Waals surface area contributed by atoms with Crippen LogP contribution in [0.3, 0.4) is 0 Å². The molecule has 3 rings (SSSR count). The summed E-state index contributed by atoms with van der Waals surface area (Å²) < 4.78 is 39.2. The van der Waals surface area contributed by atoms with Crippen LogP contribution in [0, 0.1) is 6.92 Å². The van der Waals surface area contributed by atoms with Gasteiger partial charge in [0.05, 0.1) is 5.52 Å². The van der Waals surface area contributed by atoms with Gasteiger partial charge in [-0.3, -0.25) is 0 Å². The van der Waals surface area contributed by atoms with Crippen molar-refractivity contribution in [1.29, 1.82) is 0 Å². The smallest absolute Gasteiger partial charge is 0.451 e. The van der Waals surface area contributed by atoms with E-state index in [4.69, 9.17) is 5.11 Å². The third-order valence-corrected chi connectivity index (χ3v) is 3.60. The Balaban J connectivity index is 2.12. The number of benzene rings is 2. The molecule has 3 N–H and O–H groups in total. The zero-order valence-corrected chi connectivity index (χ0v) is 13.3. The number of aromatic hydroxyl groups is 1. The van der Waals surface area contributed by atoms with Gasteiger partial charge in [0.25, 0.3) is 0 Å². The van der Waals surface area contributed by atoms with Crippen LogP contribution in [0.4, 0.5) is 24.7 Å². The maximum Gasteiger partial charge on any atom is 0.451 e. The van der Waals surface area contributed by atoms with Gasteiger partial charge in [-0.15, -0.1) is 0 Å². The van der Waals surface area contributed by atoms with Crippen molar-refractivity contribution < 1.29 is 28.2 Å². The highest BCUT2D eigenvalue weighted by Gasteiger charge is 2.35. The number of hydrogen-bond acceptors (Lipinski definition) is 5. The predicted octanol–water partition coefficient (Wildman–Crippen LogP) is 4.10. The molecule has 0 unspecified atom stereocenters. The molecule has 3 aromatic rings. The number of carboxylic acid groups (broad SMARTS) is 1. The Kier molecular flexibility index (Phi) is 4.15. The number of rotatable bonds is 3. The fraction of sp³-hybridized carbons (Fsp3) is 0.118. The van der Waals surface area contributed by atoms with Crippen molar-refractivity contribution in [2.24, 2.45) is 0 Å². The lowest BCUT2D eigenvalue weighted by Gasteiger charge is -2.13. The first-order chi connectivity index (χ1) is 12.1. The van der Waals surface area contributed by atoms with E-state index in [-0.39, 0.29) is 22.6 Å². The lowest BCUT2D eigenvalue weighted by atomic mass is 10.1. The molecule has 0 bridgehead atoms. The number of alkyl halides is 3. The monoisotopic (exact) mass is 363 g/mol. The third kappa shape index (κ3) is 3.37. The number of carbonyl (C=O) groups is 1. The van der Waals surface area contributed by atoms with Crippen molar-refractivity contribution in [3.05, 3.63) is 53.3 Å². The number of anilines is 2. The van der Waals surface area contributed by atoms with Gasteiger partial charge in [-0.05, 0) is 31.2 Å². The maximum atomic E-state index is 13.1. The first-order valence-electron chi connectivity index (χ1n) is 7.34. The standard InChI is InChI=1S/C17H12F3N3O3/c1-8-2-5-12-11(6-8)14(23-16(22-12)17(18,19)20)21-9-3-4-10(15(25)26)13(24)7-9/h2-7,24H,1H3,(H,25,26)(H,21,22,23). The average molecular weight is 363 g/mol. The van der Waals surface area contributed by atoms with E-state index in [9.17, 15) is 23.1 Å². The number of hydrogen-bond donors (Lipinski definition) is 3. The molecule has 6 nitrogen and oxygen atoms in total. The Labute approximate surface area is 145 Å². The molecule has 0 atom stereocenters. The highest BCUT2D eigenvalue weighted by Crippen LogP contribution is 2.32. The molecule has 1 aromatic heterocycles. The van der Waals surface area contributed by atoms with Crippen LogP contribution in [0.2, 0.25) is 0 Å². The van der Waals surface area contributed by atoms with Gasteiger partial charge < -0.3 is 15.5 Å². The highest BCUT2D eigenvalue weighted by atomic mass is 19.4. The Morgan fingerprint density at radius 3 is 2.46 bits per heavy atom. The zero-order chi connectivity index (χ0) is 19.1. The Morgan fingerprint density at radius 1 is 1.12 bits per heavy atom. The molecule has 26 heavy (non-hydrogen) atoms. The van der Waals surface area contributed by atoms with Crippen LogP contribution in [-0.2, 0) is 6.18 Å². The van der Waals surface area contributed by atoms with Gasteiger partial charge in [0.2, 0.25) is 5.82 Å². The molecule has 0 saturated heterocycles. The summed E-state index contributed by atoms with van der Waals surface area (Å²) in [5, 5.41) is 21.7. The van der Waals surface area contributed by atoms with E-state index < -0.39 is 23.7 Å². The first kappa shape index (κ1) is 17.5. The summed E-state index contributed by atoms with van der Waals surface area (Å²) in [6, 6.07) is 8.27. The SMILES string of the molecule is Cc1ccc2nc(C(F)(F)F)nc(Nc3ccc(C(=O)O)c(O)c3)c2c1. The minimum atomic E-state index is -4.73. The molecule has 0 aliphatic heterocycles. The van der Waals surface area contributed by atoms with Gasteiger partial charge in [-0.1, -0.05) is 11.6 Å². The van der Waals surface area contributed by atoms with Crippen molar-refractivity contribution in [3.8, 4) is 5.75 Å². The average Bonchev–Trinajstić information content (AvgIpc) is 2.54. The van der Waals surface area contributed by atoms with Crippen LogP contribution in [0.25, 0.3) is 10.9 Å². The van der Waals surface area contributed by atoms with E-state index in [2.05, 4.69) is 15.3 Å². The molecular weight excluding hydrogens is 351 g/mol. The minimum absolute atomic E-state index is 0.103. The summed E-state index contributed by atoms with van der Waals surface area (Å²) in [6.07, 6.45) is -4.73. The topological polar surface area (TPSA) is 95.3 Å². The quantitative estimate of drug-likeness (QED) is 0.648. The molecule has 0 amide bonds. The van der Waals surface area contributed by atoms with Crippen molar-refractivity contribution >= 4 is 28.4 Å². The molecule has 0 aliphatic rings. The Morgan fingerprint density at radius 2 is 1.85 bits per heavy atom. The molecule has 1 heterocycles. The molecule has 9 heteroatoms. The van der Waals surface area contributed by atoms with Crippen LogP contribution < -0.4 is 5.32 Å². The third-order valence-electron chi connectivity index (χ3n) is 3.60. The maximum absolute atomic E-state index is 13.1. The van der Waals surface area contributed by atoms with Gasteiger partial charge in [-0.2, -0.15) is 13.2 Å². The molecule has 0 aliphatic carbocycles. The van der Waals surface area contributed by atoms with Gasteiger partial charge in [0.1, 0.15) is 17.1 Å². The molecule has 0 fully saturated rings. The van der Waals surface area contributed by atoms with E-state index >= 15 is 0 Å². The van der Waals surface area contributed by atoms with Crippen molar-refractivity contribution in [2.45, 2.75) is 13.1 Å². The van der Waals surface area contributed by atoms with Gasteiger partial charge in [0, 0.05) is 17.1 Å². The fourth-order valence-corrected chi connectivity index (χ4v) is 2.39. The summed E-state index contributed by atoms with van der Waals surface area (Å²) in [5.74, 6) is -3.25. The number of carboxylic acids is 1. The summed E-state index contributed by atoms with van der Waals surface area (Å²) in [4.78, 5) is 18.0. The predicted molar refractivity (Wildman–Crippen MR) is 87.6 cm³/mol. The fourth-order valence-electron chi connectivity index (χ4n) is 2.39. The minimum Gasteiger partial charge on any atom is -0.507 e. The number of aromatic nitrogens is 2. The molecule has 0 spiro atoms. The van der Waals surface area contributed by atoms with E-state index in [0.29, 0.717) is 5.39 Å². The highest BCUT2D eigenvalue weighted by molar-refractivity contribution is 5.93. The number of nitrogens with one attached hydrogen (secondary N) is 1. The summed E-state index contributed by atoms with van der Waals surface area (Å²) in [5.41, 5.74) is 0.761. The Hall–Kier alpha value is -3.36. The molecule has 134 valence electrons. The summed E-state index contributed by atoms with van der Waals surface area (Å²) in [7, 11) is 0. The number of halogens is 3. The van der Waals surface area contributed by atoms with Crippen molar-refractivity contribution in [3.63, 3.8) is 0 Å². The second kappa shape index (κ2) is 6.17. The number of nitrogens with zero attached hydrogens (tertiary/aromatic N) is 2. The largest absolute Gasteiger partial charge is 0.507 e. The number of fused-ring (bicyclic) bond motifs is 1. The second-order valence-electron chi connectivity index (χ2n) is 5.58. The lowest BCUT2D eigenvalue weighted by molar-refractivity contribution is -0.144. The van der Waals surface area contributed by atoms with Crippen LogP contribution in [0.5, 0.6) is 5.75 Å². The van der Waals surface area contributed by atoms with Gasteiger partial charge in [0.15, 0.2) is 0 Å². The zero-order valence-electron chi connectivity index (χ0n) is 13.3. The molecule has 0 radical (unpaired) electrons. The summed E-state index contributed by atoms with van der Waals surface area (Å²) in [6.45, 7) is 1.77. The van der Waals surface area contributed by atoms with E-state index in [1.54, 1.807) is 19.1 Å². The van der Waals surface area contributed by atoms with Crippen LogP contribution >= 0.6 is 0 Å². The normalized spacial score (nSPS) is 11.5. The van der Waals surface area contributed by atoms with Gasteiger partial charge in [-0.25, -0.2) is 14.8 Å². The van der Waals surface area contributed by atoms with E-state index in [1.807, 2.05) is 0 Å². The first-order valence-corrected chi connectivity index (χ1v) is 7.34. The lowest BCUT2D eigenvalue weighted by Crippen LogP contribution is -2.12. The van der Waals surface area contributed by atoms with Crippen LogP contribution in [-0.4, -0.2) is 26.2 Å². The van der Waals surface area contributed by atoms with Crippen LogP contribution in [0.1, 0.15) is 21.7 Å². The number of aromatic carboxylic acids is 1. The van der Waals surface area contributed by atoms with Crippen molar-refractivity contribution in [1.82, 2.24) is 9.97 Å². The van der Waals surface area contributed by atoms with E-state index in [0.717, 1.165) is 17.7 Å². The molecular formula is C17H12F3N3O3. The van der Waals surface area contributed by atoms with Crippen LogP contribution in [0.15, 0.2) is 36.4 Å². The van der Waals surface area contributed by atoms with E-state index in [1.165, 1.54) is 12.1 Å². The number of aryl methyl sites for hydroxylation is 1. The molecule has 0 saturated carbocycles. The Bertz CT molecular complexity index is 1020. The van der Waals surface area contributed by atoms with Gasteiger partial charge >= 0.3 is 12.1 Å². The van der Waals surface area contributed by atoms with Crippen molar-refractivity contribution in [2.75, 3.05) is 5.32 Å².